The lowest BCUT2D eigenvalue weighted by Gasteiger charge is -2.10. The monoisotopic (exact) mass is 249 g/mol. The number of hydrogen-bond donors (Lipinski definition) is 2. The molecule has 2 rings (SSSR count). The van der Waals surface area contributed by atoms with Gasteiger partial charge < -0.3 is 20.1 Å². The van der Waals surface area contributed by atoms with E-state index >= 15 is 0 Å². The van der Waals surface area contributed by atoms with Gasteiger partial charge in [0.2, 0.25) is 11.7 Å². The van der Waals surface area contributed by atoms with Crippen LogP contribution in [0.3, 0.4) is 0 Å². The smallest absolute Gasteiger partial charge is 0.246 e. The SMILES string of the molecule is COC(c1ccccc1)c1noc(C(N)CO)n1. The van der Waals surface area contributed by atoms with Gasteiger partial charge >= 0.3 is 0 Å². The number of aliphatic hydroxyl groups excluding tert-OH is 1. The molecule has 0 fully saturated rings. The van der Waals surface area contributed by atoms with Crippen molar-refractivity contribution in [3.63, 3.8) is 0 Å². The Labute approximate surface area is 104 Å². The molecule has 0 spiro atoms. The van der Waals surface area contributed by atoms with Crippen molar-refractivity contribution in [1.29, 1.82) is 0 Å². The Morgan fingerprint density at radius 1 is 1.39 bits per heavy atom. The average Bonchev–Trinajstić information content (AvgIpc) is 2.89. The van der Waals surface area contributed by atoms with Gasteiger partial charge in [-0.1, -0.05) is 35.5 Å². The summed E-state index contributed by atoms with van der Waals surface area (Å²) in [6.45, 7) is -0.245. The van der Waals surface area contributed by atoms with Crippen LogP contribution < -0.4 is 5.73 Å². The summed E-state index contributed by atoms with van der Waals surface area (Å²) in [5.41, 5.74) is 6.52. The highest BCUT2D eigenvalue weighted by Crippen LogP contribution is 2.23. The standard InChI is InChI=1S/C12H15N3O3/c1-17-10(8-5-3-2-4-6-8)11-14-12(18-15-11)9(13)7-16/h2-6,9-10,16H,7,13H2,1H3. The third-order valence-corrected chi connectivity index (χ3v) is 2.54. The minimum atomic E-state index is -0.667. The fourth-order valence-corrected chi connectivity index (χ4v) is 1.60. The zero-order valence-corrected chi connectivity index (χ0v) is 9.98. The van der Waals surface area contributed by atoms with Crippen molar-refractivity contribution in [2.75, 3.05) is 13.7 Å². The predicted octanol–water partition coefficient (Wildman–Crippen LogP) is 0.797. The molecule has 0 aliphatic carbocycles. The molecule has 0 aliphatic rings. The Hall–Kier alpha value is -1.76. The second-order valence-electron chi connectivity index (χ2n) is 3.81. The highest BCUT2D eigenvalue weighted by molar-refractivity contribution is 5.22. The van der Waals surface area contributed by atoms with Crippen molar-refractivity contribution < 1.29 is 14.4 Å². The Kier molecular flexibility index (Phi) is 4.03. The maximum absolute atomic E-state index is 8.93. The van der Waals surface area contributed by atoms with E-state index in [0.29, 0.717) is 5.82 Å². The van der Waals surface area contributed by atoms with Crippen LogP contribution in [-0.2, 0) is 4.74 Å². The summed E-state index contributed by atoms with van der Waals surface area (Å²) >= 11 is 0. The van der Waals surface area contributed by atoms with Gasteiger partial charge in [0.1, 0.15) is 12.1 Å². The Morgan fingerprint density at radius 3 is 2.72 bits per heavy atom. The van der Waals surface area contributed by atoms with Gasteiger partial charge in [-0.25, -0.2) is 0 Å². The van der Waals surface area contributed by atoms with Crippen LogP contribution in [0.5, 0.6) is 0 Å². The largest absolute Gasteiger partial charge is 0.394 e. The highest BCUT2D eigenvalue weighted by Gasteiger charge is 2.21. The van der Waals surface area contributed by atoms with Gasteiger partial charge in [-0.3, -0.25) is 0 Å². The molecule has 1 aromatic heterocycles. The Bertz CT molecular complexity index is 486. The van der Waals surface area contributed by atoms with Crippen LogP contribution in [0.15, 0.2) is 34.9 Å². The van der Waals surface area contributed by atoms with Crippen LogP contribution in [0, 0.1) is 0 Å². The first-order valence-corrected chi connectivity index (χ1v) is 5.54. The maximum Gasteiger partial charge on any atom is 0.246 e. The van der Waals surface area contributed by atoms with E-state index in [1.165, 1.54) is 0 Å². The van der Waals surface area contributed by atoms with E-state index in [9.17, 15) is 0 Å². The summed E-state index contributed by atoms with van der Waals surface area (Å²) in [5, 5.41) is 12.8. The van der Waals surface area contributed by atoms with Crippen molar-refractivity contribution in [2.45, 2.75) is 12.1 Å². The number of aromatic nitrogens is 2. The van der Waals surface area contributed by atoms with E-state index in [-0.39, 0.29) is 12.5 Å². The van der Waals surface area contributed by atoms with Crippen molar-refractivity contribution in [2.24, 2.45) is 5.73 Å². The molecule has 2 atom stereocenters. The molecule has 0 radical (unpaired) electrons. The third kappa shape index (κ3) is 2.56. The van der Waals surface area contributed by atoms with Gasteiger partial charge in [0, 0.05) is 7.11 Å². The van der Waals surface area contributed by atoms with Crippen molar-refractivity contribution in [3.05, 3.63) is 47.6 Å². The summed E-state index contributed by atoms with van der Waals surface area (Å²) < 4.78 is 10.4. The van der Waals surface area contributed by atoms with E-state index < -0.39 is 12.1 Å². The summed E-state index contributed by atoms with van der Waals surface area (Å²) in [5.74, 6) is 0.591. The number of benzene rings is 1. The lowest BCUT2D eigenvalue weighted by atomic mass is 10.1. The summed E-state index contributed by atoms with van der Waals surface area (Å²) in [7, 11) is 1.57. The predicted molar refractivity (Wildman–Crippen MR) is 63.6 cm³/mol. The summed E-state index contributed by atoms with van der Waals surface area (Å²) in [4.78, 5) is 4.14. The third-order valence-electron chi connectivity index (χ3n) is 2.54. The van der Waals surface area contributed by atoms with Gasteiger partial charge in [-0.2, -0.15) is 4.98 Å². The van der Waals surface area contributed by atoms with E-state index in [2.05, 4.69) is 10.1 Å². The maximum atomic E-state index is 8.93. The van der Waals surface area contributed by atoms with Crippen LogP contribution in [-0.4, -0.2) is 29.0 Å². The summed E-state index contributed by atoms with van der Waals surface area (Å²) in [6.07, 6.45) is -0.408. The number of hydrogen-bond acceptors (Lipinski definition) is 6. The van der Waals surface area contributed by atoms with E-state index in [0.717, 1.165) is 5.56 Å². The van der Waals surface area contributed by atoms with Crippen molar-refractivity contribution >= 4 is 0 Å². The lowest BCUT2D eigenvalue weighted by molar-refractivity contribution is 0.126. The minimum Gasteiger partial charge on any atom is -0.394 e. The first-order valence-electron chi connectivity index (χ1n) is 5.54. The van der Waals surface area contributed by atoms with Crippen LogP contribution >= 0.6 is 0 Å². The molecule has 18 heavy (non-hydrogen) atoms. The molecule has 6 nitrogen and oxygen atoms in total. The second-order valence-corrected chi connectivity index (χ2v) is 3.81. The first-order chi connectivity index (χ1) is 8.76. The summed E-state index contributed by atoms with van der Waals surface area (Å²) in [6, 6.07) is 8.88. The molecule has 96 valence electrons. The molecule has 1 heterocycles. The van der Waals surface area contributed by atoms with Crippen LogP contribution in [0.2, 0.25) is 0 Å². The van der Waals surface area contributed by atoms with Gasteiger partial charge in [0.25, 0.3) is 0 Å². The van der Waals surface area contributed by atoms with Crippen LogP contribution in [0.1, 0.15) is 29.4 Å². The van der Waals surface area contributed by atoms with Crippen LogP contribution in [0.25, 0.3) is 0 Å². The number of rotatable bonds is 5. The molecule has 0 aliphatic heterocycles. The number of nitrogens with two attached hydrogens (primary N) is 1. The molecule has 2 unspecified atom stereocenters. The van der Waals surface area contributed by atoms with E-state index in [4.69, 9.17) is 20.1 Å². The van der Waals surface area contributed by atoms with Gasteiger partial charge in [-0.05, 0) is 5.56 Å². The Morgan fingerprint density at radius 2 is 2.11 bits per heavy atom. The Balaban J connectivity index is 2.26. The molecule has 1 aromatic carbocycles. The molecule has 0 saturated heterocycles. The lowest BCUT2D eigenvalue weighted by Crippen LogP contribution is -2.15. The molecule has 0 saturated carbocycles. The number of ether oxygens (including phenoxy) is 1. The minimum absolute atomic E-state index is 0.200. The number of aliphatic hydroxyl groups is 1. The highest BCUT2D eigenvalue weighted by atomic mass is 16.5. The molecule has 2 aromatic rings. The molecular weight excluding hydrogens is 234 g/mol. The quantitative estimate of drug-likeness (QED) is 0.813. The number of methoxy groups -OCH3 is 1. The molecule has 0 bridgehead atoms. The molecule has 3 N–H and O–H groups in total. The second kappa shape index (κ2) is 5.72. The van der Waals surface area contributed by atoms with E-state index in [1.807, 2.05) is 30.3 Å². The molecular formula is C12H15N3O3. The fraction of sp³-hybridized carbons (Fsp3) is 0.333. The first kappa shape index (κ1) is 12.7. The number of nitrogens with zero attached hydrogens (tertiary/aromatic N) is 2. The topological polar surface area (TPSA) is 94.4 Å². The van der Waals surface area contributed by atoms with E-state index in [1.54, 1.807) is 7.11 Å². The fourth-order valence-electron chi connectivity index (χ4n) is 1.60. The van der Waals surface area contributed by atoms with Crippen LogP contribution in [0.4, 0.5) is 0 Å². The normalized spacial score (nSPS) is 14.4. The van der Waals surface area contributed by atoms with Gasteiger partial charge in [0.15, 0.2) is 0 Å². The van der Waals surface area contributed by atoms with Crippen molar-refractivity contribution in [3.8, 4) is 0 Å². The zero-order chi connectivity index (χ0) is 13.0. The van der Waals surface area contributed by atoms with Crippen molar-refractivity contribution in [1.82, 2.24) is 10.1 Å². The van der Waals surface area contributed by atoms with Gasteiger partial charge in [0.05, 0.1) is 6.61 Å². The molecule has 6 heteroatoms. The zero-order valence-electron chi connectivity index (χ0n) is 9.98. The average molecular weight is 249 g/mol. The van der Waals surface area contributed by atoms with Gasteiger partial charge in [-0.15, -0.1) is 0 Å². The molecule has 0 amide bonds.